The zero-order chi connectivity index (χ0) is 19.2. The lowest BCUT2D eigenvalue weighted by Gasteiger charge is -2.23. The van der Waals surface area contributed by atoms with Gasteiger partial charge in [-0.2, -0.15) is 0 Å². The third kappa shape index (κ3) is 4.78. The van der Waals surface area contributed by atoms with Crippen LogP contribution in [0.5, 0.6) is 11.5 Å². The molecule has 27 heavy (non-hydrogen) atoms. The lowest BCUT2D eigenvalue weighted by molar-refractivity contribution is -0.143. The van der Waals surface area contributed by atoms with Gasteiger partial charge in [0.05, 0.1) is 5.92 Å². The van der Waals surface area contributed by atoms with E-state index in [0.717, 1.165) is 11.3 Å². The number of amides is 1. The number of likely N-dealkylation sites (tertiary alicyclic amines) is 1. The Kier molecular flexibility index (Phi) is 5.96. The lowest BCUT2D eigenvalue weighted by atomic mass is 10.0. The van der Waals surface area contributed by atoms with Crippen molar-refractivity contribution in [3.05, 3.63) is 60.2 Å². The van der Waals surface area contributed by atoms with Crippen LogP contribution in [-0.2, 0) is 16.2 Å². The molecule has 3 rings (SSSR count). The summed E-state index contributed by atoms with van der Waals surface area (Å²) >= 11 is 0. The molecular formula is C21H23NO5. The summed E-state index contributed by atoms with van der Waals surface area (Å²) in [5.41, 5.74) is 1.09. The van der Waals surface area contributed by atoms with Crippen molar-refractivity contribution in [3.8, 4) is 11.5 Å². The highest BCUT2D eigenvalue weighted by Gasteiger charge is 2.38. The molecule has 0 aliphatic carbocycles. The Balaban J connectivity index is 1.47. The van der Waals surface area contributed by atoms with Crippen molar-refractivity contribution >= 4 is 11.9 Å². The molecule has 1 saturated heterocycles. The first-order valence-corrected chi connectivity index (χ1v) is 8.96. The number of rotatable bonds is 7. The van der Waals surface area contributed by atoms with Crippen molar-refractivity contribution in [2.75, 3.05) is 13.2 Å². The fraction of sp³-hybridized carbons (Fsp3) is 0.333. The average Bonchev–Trinajstić information content (AvgIpc) is 3.08. The molecular weight excluding hydrogens is 346 g/mol. The molecule has 0 bridgehead atoms. The Hall–Kier alpha value is -3.02. The van der Waals surface area contributed by atoms with Crippen LogP contribution in [0.1, 0.15) is 18.9 Å². The fourth-order valence-electron chi connectivity index (χ4n) is 3.22. The highest BCUT2D eigenvalue weighted by Crippen LogP contribution is 2.25. The molecule has 2 aromatic carbocycles. The molecule has 1 aliphatic heterocycles. The van der Waals surface area contributed by atoms with E-state index in [0.29, 0.717) is 25.3 Å². The summed E-state index contributed by atoms with van der Waals surface area (Å²) < 4.78 is 11.3. The molecule has 2 unspecified atom stereocenters. The van der Waals surface area contributed by atoms with E-state index in [9.17, 15) is 9.59 Å². The third-order valence-corrected chi connectivity index (χ3v) is 4.83. The van der Waals surface area contributed by atoms with E-state index in [2.05, 4.69) is 0 Å². The van der Waals surface area contributed by atoms with Gasteiger partial charge in [-0.1, -0.05) is 30.3 Å². The summed E-state index contributed by atoms with van der Waals surface area (Å²) in [4.78, 5) is 25.0. The molecule has 0 spiro atoms. The first kappa shape index (κ1) is 18.8. The maximum atomic E-state index is 12.3. The van der Waals surface area contributed by atoms with Gasteiger partial charge in [0.2, 0.25) is 0 Å². The number of carboxylic acid groups (broad SMARTS) is 1. The normalized spacial score (nSPS) is 18.9. The van der Waals surface area contributed by atoms with Gasteiger partial charge in [-0.05, 0) is 43.2 Å². The van der Waals surface area contributed by atoms with E-state index in [1.54, 1.807) is 36.1 Å². The number of nitrogens with zero attached hydrogens (tertiary/aromatic N) is 1. The summed E-state index contributed by atoms with van der Waals surface area (Å²) in [6.45, 7) is 2.59. The number of aliphatic carboxylic acids is 1. The Morgan fingerprint density at radius 2 is 1.67 bits per heavy atom. The first-order chi connectivity index (χ1) is 13.0. The van der Waals surface area contributed by atoms with Crippen LogP contribution in [-0.4, -0.2) is 41.1 Å². The van der Waals surface area contributed by atoms with Gasteiger partial charge in [0.25, 0.3) is 5.91 Å². The van der Waals surface area contributed by atoms with Gasteiger partial charge in [0.15, 0.2) is 6.61 Å². The van der Waals surface area contributed by atoms with Gasteiger partial charge in [-0.3, -0.25) is 9.59 Å². The molecule has 2 aromatic rings. The van der Waals surface area contributed by atoms with Crippen LogP contribution in [0.25, 0.3) is 0 Å². The molecule has 6 heteroatoms. The summed E-state index contributed by atoms with van der Waals surface area (Å²) in [7, 11) is 0. The average molecular weight is 369 g/mol. The largest absolute Gasteiger partial charge is 0.489 e. The summed E-state index contributed by atoms with van der Waals surface area (Å²) in [5.74, 6) is -0.275. The lowest BCUT2D eigenvalue weighted by Crippen LogP contribution is -2.40. The second-order valence-corrected chi connectivity index (χ2v) is 6.60. The van der Waals surface area contributed by atoms with Gasteiger partial charge in [-0.25, -0.2) is 0 Å². The molecule has 0 radical (unpaired) electrons. The van der Waals surface area contributed by atoms with E-state index in [1.807, 2.05) is 30.3 Å². The predicted octanol–water partition coefficient (Wildman–Crippen LogP) is 2.97. The first-order valence-electron chi connectivity index (χ1n) is 8.96. The SMILES string of the molecule is CC1C(C(=O)O)CCN1C(=O)COc1ccc(OCc2ccccc2)cc1. The molecule has 0 aromatic heterocycles. The summed E-state index contributed by atoms with van der Waals surface area (Å²) in [6.07, 6.45) is 0.482. The summed E-state index contributed by atoms with van der Waals surface area (Å²) in [5, 5.41) is 9.15. The zero-order valence-electron chi connectivity index (χ0n) is 15.2. The van der Waals surface area contributed by atoms with E-state index in [1.165, 1.54) is 0 Å². The van der Waals surface area contributed by atoms with Crippen LogP contribution in [0.15, 0.2) is 54.6 Å². The number of hydrogen-bond donors (Lipinski definition) is 1. The van der Waals surface area contributed by atoms with Gasteiger partial charge >= 0.3 is 5.97 Å². The molecule has 0 saturated carbocycles. The zero-order valence-corrected chi connectivity index (χ0v) is 15.2. The number of carboxylic acids is 1. The Labute approximate surface area is 158 Å². The minimum atomic E-state index is -0.857. The van der Waals surface area contributed by atoms with Crippen molar-refractivity contribution in [2.24, 2.45) is 5.92 Å². The van der Waals surface area contributed by atoms with Crippen molar-refractivity contribution in [1.29, 1.82) is 0 Å². The van der Waals surface area contributed by atoms with Crippen LogP contribution in [0.4, 0.5) is 0 Å². The second-order valence-electron chi connectivity index (χ2n) is 6.60. The van der Waals surface area contributed by atoms with Crippen molar-refractivity contribution in [1.82, 2.24) is 4.90 Å². The predicted molar refractivity (Wildman–Crippen MR) is 99.6 cm³/mol. The Morgan fingerprint density at radius 1 is 1.04 bits per heavy atom. The molecule has 142 valence electrons. The van der Waals surface area contributed by atoms with Crippen LogP contribution >= 0.6 is 0 Å². The highest BCUT2D eigenvalue weighted by atomic mass is 16.5. The van der Waals surface area contributed by atoms with E-state index < -0.39 is 11.9 Å². The third-order valence-electron chi connectivity index (χ3n) is 4.83. The Morgan fingerprint density at radius 3 is 2.26 bits per heavy atom. The van der Waals surface area contributed by atoms with Crippen LogP contribution in [0, 0.1) is 5.92 Å². The minimum Gasteiger partial charge on any atom is -0.489 e. The highest BCUT2D eigenvalue weighted by molar-refractivity contribution is 5.80. The van der Waals surface area contributed by atoms with Gasteiger partial charge in [0, 0.05) is 12.6 Å². The number of hydrogen-bond acceptors (Lipinski definition) is 4. The van der Waals surface area contributed by atoms with E-state index in [4.69, 9.17) is 14.6 Å². The minimum absolute atomic E-state index is 0.110. The van der Waals surface area contributed by atoms with Crippen LogP contribution in [0.2, 0.25) is 0 Å². The number of benzene rings is 2. The van der Waals surface area contributed by atoms with Crippen LogP contribution in [0.3, 0.4) is 0 Å². The standard InChI is InChI=1S/C21H23NO5/c1-15-19(21(24)25)11-12-22(15)20(23)14-27-18-9-7-17(8-10-18)26-13-16-5-3-2-4-6-16/h2-10,15,19H,11-14H2,1H3,(H,24,25). The molecule has 1 fully saturated rings. The van der Waals surface area contributed by atoms with Gasteiger partial charge in [-0.15, -0.1) is 0 Å². The van der Waals surface area contributed by atoms with Crippen molar-refractivity contribution in [2.45, 2.75) is 26.0 Å². The molecule has 2 atom stereocenters. The molecule has 1 amide bonds. The molecule has 1 aliphatic rings. The number of ether oxygens (including phenoxy) is 2. The van der Waals surface area contributed by atoms with Crippen molar-refractivity contribution < 1.29 is 24.2 Å². The van der Waals surface area contributed by atoms with Gasteiger partial charge < -0.3 is 19.5 Å². The maximum Gasteiger partial charge on any atom is 0.308 e. The molecule has 6 nitrogen and oxygen atoms in total. The topological polar surface area (TPSA) is 76.1 Å². The molecule has 1 N–H and O–H groups in total. The second kappa shape index (κ2) is 8.58. The number of carbonyl (C=O) groups is 2. The molecule has 1 heterocycles. The smallest absolute Gasteiger partial charge is 0.308 e. The maximum absolute atomic E-state index is 12.3. The van der Waals surface area contributed by atoms with E-state index >= 15 is 0 Å². The van der Waals surface area contributed by atoms with Crippen molar-refractivity contribution in [3.63, 3.8) is 0 Å². The van der Waals surface area contributed by atoms with Gasteiger partial charge in [0.1, 0.15) is 18.1 Å². The van der Waals surface area contributed by atoms with Crippen LogP contribution < -0.4 is 9.47 Å². The van der Waals surface area contributed by atoms with E-state index in [-0.39, 0.29) is 18.6 Å². The fourth-order valence-corrected chi connectivity index (χ4v) is 3.22. The quantitative estimate of drug-likeness (QED) is 0.812. The Bertz CT molecular complexity index is 775. The summed E-state index contributed by atoms with van der Waals surface area (Å²) in [6, 6.07) is 16.7. The number of carbonyl (C=O) groups excluding carboxylic acids is 1. The monoisotopic (exact) mass is 369 g/mol.